The van der Waals surface area contributed by atoms with E-state index in [1.165, 1.54) is 186 Å². The van der Waals surface area contributed by atoms with Crippen LogP contribution in [0.5, 0.6) is 0 Å². The molecule has 3 N–H and O–H groups in total. The molecule has 0 aromatic carbocycles. The zero-order valence-electron chi connectivity index (χ0n) is 59.1. The van der Waals surface area contributed by atoms with Gasteiger partial charge in [0.05, 0.1) is 26.4 Å². The molecule has 91 heavy (non-hydrogen) atoms. The van der Waals surface area contributed by atoms with Crippen LogP contribution in [0, 0.1) is 11.8 Å². The van der Waals surface area contributed by atoms with E-state index in [2.05, 4.69) is 41.5 Å². The van der Waals surface area contributed by atoms with Crippen LogP contribution >= 0.6 is 15.6 Å². The highest BCUT2D eigenvalue weighted by Crippen LogP contribution is 2.45. The Morgan fingerprint density at radius 3 is 0.835 bits per heavy atom. The minimum atomic E-state index is -4.95. The molecule has 540 valence electrons. The predicted molar refractivity (Wildman–Crippen MR) is 368 cm³/mol. The van der Waals surface area contributed by atoms with E-state index in [0.29, 0.717) is 25.7 Å². The summed E-state index contributed by atoms with van der Waals surface area (Å²) in [5.41, 5.74) is 0. The van der Waals surface area contributed by atoms with Gasteiger partial charge in [-0.1, -0.05) is 318 Å². The molecule has 17 nitrogen and oxygen atoms in total. The molecule has 0 aromatic heterocycles. The molecule has 0 spiro atoms. The van der Waals surface area contributed by atoms with E-state index >= 15 is 0 Å². The van der Waals surface area contributed by atoms with Gasteiger partial charge in [0.15, 0.2) is 12.2 Å². The molecule has 3 unspecified atom stereocenters. The van der Waals surface area contributed by atoms with Crippen molar-refractivity contribution in [3.8, 4) is 0 Å². The van der Waals surface area contributed by atoms with Crippen LogP contribution in [0.3, 0.4) is 0 Å². The summed E-state index contributed by atoms with van der Waals surface area (Å²) in [6.45, 7) is 9.59. The van der Waals surface area contributed by atoms with E-state index in [9.17, 15) is 43.2 Å². The van der Waals surface area contributed by atoms with Gasteiger partial charge in [0.1, 0.15) is 19.3 Å². The van der Waals surface area contributed by atoms with E-state index < -0.39 is 97.5 Å². The number of carbonyl (C=O) groups excluding carboxylic acids is 4. The molecule has 0 aliphatic rings. The number of ether oxygens (including phenoxy) is 4. The Kier molecular flexibility index (Phi) is 62.7. The predicted octanol–water partition coefficient (Wildman–Crippen LogP) is 20.8. The first-order chi connectivity index (χ1) is 43.9. The average Bonchev–Trinajstić information content (AvgIpc) is 3.72. The number of rotatable bonds is 71. The summed E-state index contributed by atoms with van der Waals surface area (Å²) in [6.07, 6.45) is 49.7. The molecule has 0 fully saturated rings. The van der Waals surface area contributed by atoms with Gasteiger partial charge < -0.3 is 33.8 Å². The topological polar surface area (TPSA) is 237 Å². The third-order valence-corrected chi connectivity index (χ3v) is 19.0. The number of carbonyl (C=O) groups is 4. The largest absolute Gasteiger partial charge is 0.472 e. The van der Waals surface area contributed by atoms with Gasteiger partial charge in [-0.25, -0.2) is 9.13 Å². The summed E-state index contributed by atoms with van der Waals surface area (Å²) in [5, 5.41) is 10.6. The molecule has 6 atom stereocenters. The zero-order chi connectivity index (χ0) is 67.2. The SMILES string of the molecule is CCCCCCCCCCCCCCCCC(=O)O[C@H](COC(=O)CCCCCCCCCCC)COP(=O)(O)OC[C@H](O)COP(=O)(O)OC[C@@H](COC(=O)CCCCCCCCCCCCC(C)CC)OC(=O)CCCCCCCCCCCCCC(C)C. The molecule has 0 rings (SSSR count). The maximum atomic E-state index is 13.0. The molecular weight excluding hydrogens is 1200 g/mol. The van der Waals surface area contributed by atoms with Gasteiger partial charge in [-0.05, 0) is 37.5 Å². The lowest BCUT2D eigenvalue weighted by atomic mass is 9.99. The van der Waals surface area contributed by atoms with Crippen molar-refractivity contribution in [1.82, 2.24) is 0 Å². The highest BCUT2D eigenvalue weighted by molar-refractivity contribution is 7.47. The molecule has 19 heteroatoms. The molecule has 0 amide bonds. The molecule has 0 aliphatic heterocycles. The van der Waals surface area contributed by atoms with Crippen LogP contribution in [0.25, 0.3) is 0 Å². The minimum Gasteiger partial charge on any atom is -0.462 e. The van der Waals surface area contributed by atoms with Crippen LogP contribution in [0.1, 0.15) is 369 Å². The van der Waals surface area contributed by atoms with E-state index in [4.69, 9.17) is 37.0 Å². The minimum absolute atomic E-state index is 0.106. The van der Waals surface area contributed by atoms with Crippen LogP contribution in [0.15, 0.2) is 0 Å². The molecule has 0 heterocycles. The fourth-order valence-corrected chi connectivity index (χ4v) is 12.5. The first-order valence-corrected chi connectivity index (χ1v) is 40.5. The van der Waals surface area contributed by atoms with Crippen molar-refractivity contribution >= 4 is 39.5 Å². The maximum Gasteiger partial charge on any atom is 0.472 e. The quantitative estimate of drug-likeness (QED) is 0.0222. The second-order valence-corrected chi connectivity index (χ2v) is 29.6. The second kappa shape index (κ2) is 64.1. The van der Waals surface area contributed by atoms with Crippen LogP contribution < -0.4 is 0 Å². The Labute approximate surface area is 556 Å². The van der Waals surface area contributed by atoms with Gasteiger partial charge in [0.2, 0.25) is 0 Å². The normalized spacial score (nSPS) is 14.4. The third-order valence-electron chi connectivity index (χ3n) is 17.1. The summed E-state index contributed by atoms with van der Waals surface area (Å²) in [6, 6.07) is 0. The summed E-state index contributed by atoms with van der Waals surface area (Å²) in [5.74, 6) is -0.546. The summed E-state index contributed by atoms with van der Waals surface area (Å²) in [7, 11) is -9.90. The Morgan fingerprint density at radius 2 is 0.560 bits per heavy atom. The average molecular weight is 1340 g/mol. The standard InChI is InChI=1S/C72H140O17P2/c1-7-10-12-14-16-18-19-20-21-24-32-38-44-50-56-71(76)88-67(60-82-69(74)54-48-42-36-28-17-15-13-11-8-2)62-86-90(78,79)84-58-66(73)59-85-91(80,81)87-63-68(89-72(77)57-51-45-39-33-25-22-23-29-34-40-46-52-64(4)5)61-83-70(75)55-49-43-37-31-27-26-30-35-41-47-53-65(6)9-3/h64-68,73H,7-63H2,1-6H3,(H,78,79)(H,80,81)/t65?,66-,67+,68+/m0/s1. The molecule has 0 aromatic rings. The van der Waals surface area contributed by atoms with Crippen molar-refractivity contribution in [3.63, 3.8) is 0 Å². The van der Waals surface area contributed by atoms with E-state index in [1.54, 1.807) is 0 Å². The number of phosphoric ester groups is 2. The van der Waals surface area contributed by atoms with Gasteiger partial charge in [0.25, 0.3) is 0 Å². The third kappa shape index (κ3) is 65.1. The van der Waals surface area contributed by atoms with Crippen LogP contribution in [-0.4, -0.2) is 96.7 Å². The van der Waals surface area contributed by atoms with Crippen molar-refractivity contribution < 1.29 is 80.2 Å². The Hall–Kier alpha value is -1.94. The molecule has 0 radical (unpaired) electrons. The molecule has 0 saturated heterocycles. The first kappa shape index (κ1) is 89.1. The van der Waals surface area contributed by atoms with Crippen molar-refractivity contribution in [2.75, 3.05) is 39.6 Å². The zero-order valence-corrected chi connectivity index (χ0v) is 60.9. The number of hydrogen-bond donors (Lipinski definition) is 3. The number of unbranched alkanes of at least 4 members (excludes halogenated alkanes) is 40. The van der Waals surface area contributed by atoms with Crippen molar-refractivity contribution in [1.29, 1.82) is 0 Å². The first-order valence-electron chi connectivity index (χ1n) is 37.5. The number of hydrogen-bond acceptors (Lipinski definition) is 15. The van der Waals surface area contributed by atoms with Crippen molar-refractivity contribution in [2.45, 2.75) is 387 Å². The number of aliphatic hydroxyl groups excluding tert-OH is 1. The molecule has 0 saturated carbocycles. The molecule has 0 bridgehead atoms. The lowest BCUT2D eigenvalue weighted by Gasteiger charge is -2.21. The van der Waals surface area contributed by atoms with Crippen LogP contribution in [-0.2, 0) is 65.4 Å². The fourth-order valence-electron chi connectivity index (χ4n) is 10.9. The van der Waals surface area contributed by atoms with Gasteiger partial charge in [0, 0.05) is 25.7 Å². The van der Waals surface area contributed by atoms with Gasteiger partial charge in [-0.3, -0.25) is 37.3 Å². The summed E-state index contributed by atoms with van der Waals surface area (Å²) in [4.78, 5) is 72.6. The van der Waals surface area contributed by atoms with Gasteiger partial charge >= 0.3 is 39.5 Å². The molecule has 0 aliphatic carbocycles. The van der Waals surface area contributed by atoms with Gasteiger partial charge in [-0.2, -0.15) is 0 Å². The smallest absolute Gasteiger partial charge is 0.462 e. The van der Waals surface area contributed by atoms with Gasteiger partial charge in [-0.15, -0.1) is 0 Å². The lowest BCUT2D eigenvalue weighted by Crippen LogP contribution is -2.30. The lowest BCUT2D eigenvalue weighted by molar-refractivity contribution is -0.161. The monoisotopic (exact) mass is 1340 g/mol. The Morgan fingerprint density at radius 1 is 0.319 bits per heavy atom. The van der Waals surface area contributed by atoms with E-state index in [0.717, 1.165) is 102 Å². The van der Waals surface area contributed by atoms with E-state index in [1.807, 2.05) is 0 Å². The van der Waals surface area contributed by atoms with E-state index in [-0.39, 0.29) is 25.7 Å². The fraction of sp³-hybridized carbons (Fsp3) is 0.944. The van der Waals surface area contributed by atoms with Crippen molar-refractivity contribution in [3.05, 3.63) is 0 Å². The second-order valence-electron chi connectivity index (χ2n) is 26.7. The number of phosphoric acid groups is 2. The highest BCUT2D eigenvalue weighted by Gasteiger charge is 2.30. The number of esters is 4. The summed E-state index contributed by atoms with van der Waals surface area (Å²) >= 11 is 0. The van der Waals surface area contributed by atoms with Crippen LogP contribution in [0.4, 0.5) is 0 Å². The summed E-state index contributed by atoms with van der Waals surface area (Å²) < 4.78 is 68.4. The van der Waals surface area contributed by atoms with Crippen molar-refractivity contribution in [2.24, 2.45) is 11.8 Å². The Bertz CT molecular complexity index is 1770. The molecular formula is C72H140O17P2. The highest BCUT2D eigenvalue weighted by atomic mass is 31.2. The Balaban J connectivity index is 5.25. The maximum absolute atomic E-state index is 13.0. The van der Waals surface area contributed by atoms with Crippen LogP contribution in [0.2, 0.25) is 0 Å². The number of aliphatic hydroxyl groups is 1.